The Bertz CT molecular complexity index is 351. The van der Waals surface area contributed by atoms with Gasteiger partial charge in [-0.1, -0.05) is 13.8 Å². The molecule has 0 aliphatic heterocycles. The van der Waals surface area contributed by atoms with Crippen LogP contribution in [0.5, 0.6) is 0 Å². The van der Waals surface area contributed by atoms with Crippen LogP contribution >= 0.6 is 11.3 Å². The molecule has 0 spiro atoms. The third-order valence-corrected chi connectivity index (χ3v) is 4.68. The first-order valence-electron chi connectivity index (χ1n) is 5.73. The monoisotopic (exact) mass is 207 g/mol. The number of aromatic nitrogens is 1. The highest BCUT2D eigenvalue weighted by atomic mass is 32.1. The molecule has 0 saturated heterocycles. The van der Waals surface area contributed by atoms with Crippen molar-refractivity contribution in [1.29, 1.82) is 0 Å². The SMILES string of the molecule is CC1Cc2sc(C3CC3)nc2C(C)C1. The van der Waals surface area contributed by atoms with Gasteiger partial charge in [-0.05, 0) is 37.5 Å². The first-order chi connectivity index (χ1) is 6.74. The molecule has 2 aliphatic rings. The van der Waals surface area contributed by atoms with Gasteiger partial charge in [0, 0.05) is 10.8 Å². The highest BCUT2D eigenvalue weighted by Crippen LogP contribution is 2.46. The van der Waals surface area contributed by atoms with E-state index >= 15 is 0 Å². The molecule has 2 heteroatoms. The van der Waals surface area contributed by atoms with Crippen molar-refractivity contribution in [2.24, 2.45) is 5.92 Å². The van der Waals surface area contributed by atoms with Crippen LogP contribution in [0.15, 0.2) is 0 Å². The average Bonchev–Trinajstić information content (AvgIpc) is 2.87. The number of thiazole rings is 1. The quantitative estimate of drug-likeness (QED) is 0.684. The maximum absolute atomic E-state index is 4.85. The molecule has 14 heavy (non-hydrogen) atoms. The lowest BCUT2D eigenvalue weighted by Gasteiger charge is -2.22. The van der Waals surface area contributed by atoms with Gasteiger partial charge in [-0.2, -0.15) is 0 Å². The van der Waals surface area contributed by atoms with Crippen LogP contribution in [0, 0.1) is 5.92 Å². The predicted molar refractivity (Wildman–Crippen MR) is 60.0 cm³/mol. The lowest BCUT2D eigenvalue weighted by Crippen LogP contribution is -2.13. The van der Waals surface area contributed by atoms with Crippen molar-refractivity contribution in [2.45, 2.75) is 51.4 Å². The zero-order valence-electron chi connectivity index (χ0n) is 8.92. The smallest absolute Gasteiger partial charge is 0.0962 e. The van der Waals surface area contributed by atoms with Crippen molar-refractivity contribution in [2.75, 3.05) is 0 Å². The maximum atomic E-state index is 4.85. The van der Waals surface area contributed by atoms with Crippen LogP contribution in [0.2, 0.25) is 0 Å². The second kappa shape index (κ2) is 3.06. The minimum absolute atomic E-state index is 0.706. The van der Waals surface area contributed by atoms with Gasteiger partial charge in [-0.3, -0.25) is 0 Å². The van der Waals surface area contributed by atoms with Gasteiger partial charge in [0.2, 0.25) is 0 Å². The maximum Gasteiger partial charge on any atom is 0.0962 e. The standard InChI is InChI=1S/C12H17NS/c1-7-5-8(2)11-10(6-7)14-12(13-11)9-3-4-9/h7-9H,3-6H2,1-2H3. The normalized spacial score (nSPS) is 31.6. The van der Waals surface area contributed by atoms with E-state index in [0.29, 0.717) is 5.92 Å². The van der Waals surface area contributed by atoms with E-state index in [9.17, 15) is 0 Å². The Morgan fingerprint density at radius 1 is 1.29 bits per heavy atom. The fourth-order valence-corrected chi connectivity index (χ4v) is 4.05. The van der Waals surface area contributed by atoms with E-state index in [1.165, 1.54) is 36.4 Å². The average molecular weight is 207 g/mol. The van der Waals surface area contributed by atoms with Crippen LogP contribution in [0.4, 0.5) is 0 Å². The van der Waals surface area contributed by atoms with E-state index in [4.69, 9.17) is 4.98 Å². The fraction of sp³-hybridized carbons (Fsp3) is 0.750. The predicted octanol–water partition coefficient (Wildman–Crippen LogP) is 3.71. The molecule has 0 N–H and O–H groups in total. The Balaban J connectivity index is 1.97. The topological polar surface area (TPSA) is 12.9 Å². The summed E-state index contributed by atoms with van der Waals surface area (Å²) in [4.78, 5) is 6.44. The van der Waals surface area contributed by atoms with Gasteiger partial charge in [0.25, 0.3) is 0 Å². The summed E-state index contributed by atoms with van der Waals surface area (Å²) in [5.74, 6) is 2.41. The minimum Gasteiger partial charge on any atom is -0.245 e. The second-order valence-corrected chi connectivity index (χ2v) is 6.20. The molecular weight excluding hydrogens is 190 g/mol. The molecule has 1 aromatic rings. The van der Waals surface area contributed by atoms with E-state index in [0.717, 1.165) is 11.8 Å². The summed E-state index contributed by atoms with van der Waals surface area (Å²) < 4.78 is 0. The number of fused-ring (bicyclic) bond motifs is 1. The molecule has 0 amide bonds. The summed E-state index contributed by atoms with van der Waals surface area (Å²) in [6, 6.07) is 0. The molecule has 76 valence electrons. The Labute approximate surface area is 89.6 Å². The highest BCUT2D eigenvalue weighted by Gasteiger charge is 2.31. The molecule has 1 saturated carbocycles. The van der Waals surface area contributed by atoms with Crippen molar-refractivity contribution in [3.05, 3.63) is 15.6 Å². The third kappa shape index (κ3) is 1.40. The third-order valence-electron chi connectivity index (χ3n) is 3.43. The summed E-state index contributed by atoms with van der Waals surface area (Å²) in [5.41, 5.74) is 1.44. The second-order valence-electron chi connectivity index (χ2n) is 5.08. The largest absolute Gasteiger partial charge is 0.245 e. The number of hydrogen-bond acceptors (Lipinski definition) is 2. The van der Waals surface area contributed by atoms with Gasteiger partial charge in [0.05, 0.1) is 10.7 Å². The van der Waals surface area contributed by atoms with Crippen LogP contribution in [0.1, 0.15) is 60.5 Å². The van der Waals surface area contributed by atoms with Crippen molar-refractivity contribution < 1.29 is 0 Å². The van der Waals surface area contributed by atoms with E-state index < -0.39 is 0 Å². The zero-order chi connectivity index (χ0) is 9.71. The lowest BCUT2D eigenvalue weighted by molar-refractivity contribution is 0.448. The molecule has 2 atom stereocenters. The van der Waals surface area contributed by atoms with Crippen LogP contribution < -0.4 is 0 Å². The van der Waals surface area contributed by atoms with Crippen LogP contribution in [0.25, 0.3) is 0 Å². The van der Waals surface area contributed by atoms with Crippen LogP contribution in [-0.4, -0.2) is 4.98 Å². The number of rotatable bonds is 1. The molecule has 1 fully saturated rings. The van der Waals surface area contributed by atoms with Crippen molar-refractivity contribution in [1.82, 2.24) is 4.98 Å². The highest BCUT2D eigenvalue weighted by molar-refractivity contribution is 7.11. The lowest BCUT2D eigenvalue weighted by atomic mass is 9.85. The molecule has 2 aliphatic carbocycles. The Kier molecular flexibility index (Phi) is 1.94. The van der Waals surface area contributed by atoms with Gasteiger partial charge < -0.3 is 0 Å². The minimum atomic E-state index is 0.706. The van der Waals surface area contributed by atoms with Gasteiger partial charge >= 0.3 is 0 Å². The van der Waals surface area contributed by atoms with E-state index in [2.05, 4.69) is 13.8 Å². The summed E-state index contributed by atoms with van der Waals surface area (Å²) in [6.45, 7) is 4.71. The summed E-state index contributed by atoms with van der Waals surface area (Å²) in [7, 11) is 0. The molecule has 0 aromatic carbocycles. The number of hydrogen-bond donors (Lipinski definition) is 0. The van der Waals surface area contributed by atoms with Gasteiger partial charge in [-0.25, -0.2) is 4.98 Å². The van der Waals surface area contributed by atoms with Gasteiger partial charge in [-0.15, -0.1) is 11.3 Å². The number of nitrogens with zero attached hydrogens (tertiary/aromatic N) is 1. The molecule has 1 nitrogen and oxygen atoms in total. The molecule has 0 radical (unpaired) electrons. The Morgan fingerprint density at radius 2 is 2.07 bits per heavy atom. The molecule has 0 bridgehead atoms. The first kappa shape index (κ1) is 8.90. The van der Waals surface area contributed by atoms with Gasteiger partial charge in [0.15, 0.2) is 0 Å². The van der Waals surface area contributed by atoms with Crippen molar-refractivity contribution >= 4 is 11.3 Å². The Morgan fingerprint density at radius 3 is 2.79 bits per heavy atom. The molecule has 2 unspecified atom stereocenters. The van der Waals surface area contributed by atoms with E-state index in [1.807, 2.05) is 11.3 Å². The molecular formula is C12H17NS. The van der Waals surface area contributed by atoms with Gasteiger partial charge in [0.1, 0.15) is 0 Å². The molecule has 1 heterocycles. The van der Waals surface area contributed by atoms with Crippen LogP contribution in [0.3, 0.4) is 0 Å². The first-order valence-corrected chi connectivity index (χ1v) is 6.55. The molecule has 1 aromatic heterocycles. The fourth-order valence-electron chi connectivity index (χ4n) is 2.53. The van der Waals surface area contributed by atoms with Crippen molar-refractivity contribution in [3.8, 4) is 0 Å². The summed E-state index contributed by atoms with van der Waals surface area (Å²) in [6.07, 6.45) is 5.39. The summed E-state index contributed by atoms with van der Waals surface area (Å²) in [5, 5.41) is 1.44. The van der Waals surface area contributed by atoms with E-state index in [-0.39, 0.29) is 0 Å². The molecule has 3 rings (SSSR count). The summed E-state index contributed by atoms with van der Waals surface area (Å²) >= 11 is 2.00. The zero-order valence-corrected chi connectivity index (χ0v) is 9.73. The van der Waals surface area contributed by atoms with Crippen molar-refractivity contribution in [3.63, 3.8) is 0 Å². The van der Waals surface area contributed by atoms with Crippen LogP contribution in [-0.2, 0) is 6.42 Å². The Hall–Kier alpha value is -0.370. The van der Waals surface area contributed by atoms with E-state index in [1.54, 1.807) is 4.88 Å².